The van der Waals surface area contributed by atoms with Gasteiger partial charge in [-0.3, -0.25) is 9.59 Å². The molecule has 1 saturated carbocycles. The van der Waals surface area contributed by atoms with E-state index in [4.69, 9.17) is 0 Å². The van der Waals surface area contributed by atoms with E-state index in [0.29, 0.717) is 23.6 Å². The number of benzene rings is 1. The smallest absolute Gasteiger partial charge is 0.251 e. The van der Waals surface area contributed by atoms with Crippen molar-refractivity contribution in [2.45, 2.75) is 58.5 Å². The third-order valence-electron chi connectivity index (χ3n) is 5.56. The summed E-state index contributed by atoms with van der Waals surface area (Å²) in [5.41, 5.74) is 1.80. The molecule has 1 N–H and O–H groups in total. The van der Waals surface area contributed by atoms with Crippen molar-refractivity contribution < 1.29 is 9.59 Å². The van der Waals surface area contributed by atoms with Crippen molar-refractivity contribution in [1.82, 2.24) is 5.32 Å². The fourth-order valence-electron chi connectivity index (χ4n) is 3.80. The van der Waals surface area contributed by atoms with Crippen LogP contribution >= 0.6 is 0 Å². The second-order valence-corrected chi connectivity index (χ2v) is 7.20. The van der Waals surface area contributed by atoms with Crippen LogP contribution in [0.25, 0.3) is 0 Å². The molecular weight excluding hydrogens is 288 g/mol. The lowest BCUT2D eigenvalue weighted by atomic mass is 9.78. The van der Waals surface area contributed by atoms with Crippen molar-refractivity contribution in [3.8, 4) is 0 Å². The minimum atomic E-state index is -0.374. The Kier molecular flexibility index (Phi) is 4.53. The topological polar surface area (TPSA) is 49.4 Å². The van der Waals surface area contributed by atoms with E-state index >= 15 is 0 Å². The lowest BCUT2D eigenvalue weighted by Gasteiger charge is -2.36. The average molecular weight is 314 g/mol. The van der Waals surface area contributed by atoms with Gasteiger partial charge in [-0.25, -0.2) is 4.90 Å². The first-order valence-corrected chi connectivity index (χ1v) is 8.67. The monoisotopic (exact) mass is 314 g/mol. The van der Waals surface area contributed by atoms with Crippen molar-refractivity contribution in [3.63, 3.8) is 0 Å². The molecule has 1 saturated heterocycles. The largest absolute Gasteiger partial charge is 0.302 e. The molecule has 4 unspecified atom stereocenters. The van der Waals surface area contributed by atoms with E-state index in [2.05, 4.69) is 19.2 Å². The number of amides is 2. The first-order chi connectivity index (χ1) is 11.0. The summed E-state index contributed by atoms with van der Waals surface area (Å²) in [7, 11) is 0. The zero-order valence-corrected chi connectivity index (χ0v) is 14.2. The van der Waals surface area contributed by atoms with Gasteiger partial charge in [-0.05, 0) is 37.3 Å². The molecule has 0 spiro atoms. The van der Waals surface area contributed by atoms with E-state index in [-0.39, 0.29) is 24.3 Å². The predicted molar refractivity (Wildman–Crippen MR) is 91.2 cm³/mol. The van der Waals surface area contributed by atoms with Crippen LogP contribution in [0.1, 0.15) is 45.1 Å². The minimum Gasteiger partial charge on any atom is -0.302 e. The number of nitrogens with zero attached hydrogens (tertiary/aromatic N) is 1. The number of hydrogen-bond acceptors (Lipinski definition) is 3. The Balaban J connectivity index is 1.72. The maximum absolute atomic E-state index is 12.7. The zero-order valence-electron chi connectivity index (χ0n) is 14.2. The van der Waals surface area contributed by atoms with Gasteiger partial charge in [-0.15, -0.1) is 0 Å². The summed E-state index contributed by atoms with van der Waals surface area (Å²) in [6.07, 6.45) is 3.81. The first kappa shape index (κ1) is 16.2. The predicted octanol–water partition coefficient (Wildman–Crippen LogP) is 3.04. The van der Waals surface area contributed by atoms with Crippen LogP contribution in [-0.2, 0) is 9.59 Å². The SMILES string of the molecule is Cc1ccc(N2C(=O)CC(NC3CCCC(C)C3C)C2=O)cc1. The van der Waals surface area contributed by atoms with Crippen LogP contribution < -0.4 is 10.2 Å². The molecule has 0 radical (unpaired) electrons. The van der Waals surface area contributed by atoms with Crippen molar-refractivity contribution in [2.75, 3.05) is 4.90 Å². The van der Waals surface area contributed by atoms with Gasteiger partial charge in [0, 0.05) is 6.04 Å². The third-order valence-corrected chi connectivity index (χ3v) is 5.56. The number of imide groups is 1. The Labute approximate surface area is 138 Å². The molecule has 2 fully saturated rings. The quantitative estimate of drug-likeness (QED) is 0.873. The van der Waals surface area contributed by atoms with Crippen LogP contribution in [0.3, 0.4) is 0 Å². The van der Waals surface area contributed by atoms with E-state index in [1.807, 2.05) is 31.2 Å². The fraction of sp³-hybridized carbons (Fsp3) is 0.579. The van der Waals surface area contributed by atoms with Crippen LogP contribution in [-0.4, -0.2) is 23.9 Å². The van der Waals surface area contributed by atoms with Crippen LogP contribution in [0.4, 0.5) is 5.69 Å². The van der Waals surface area contributed by atoms with Gasteiger partial charge in [0.2, 0.25) is 5.91 Å². The maximum Gasteiger partial charge on any atom is 0.251 e. The molecule has 23 heavy (non-hydrogen) atoms. The molecule has 124 valence electrons. The van der Waals surface area contributed by atoms with Gasteiger partial charge in [0.05, 0.1) is 18.2 Å². The van der Waals surface area contributed by atoms with Gasteiger partial charge < -0.3 is 5.32 Å². The van der Waals surface area contributed by atoms with Gasteiger partial charge in [-0.2, -0.15) is 0 Å². The third kappa shape index (κ3) is 3.18. The van der Waals surface area contributed by atoms with E-state index in [1.54, 1.807) is 0 Å². The summed E-state index contributed by atoms with van der Waals surface area (Å²) in [5.74, 6) is 0.999. The summed E-state index contributed by atoms with van der Waals surface area (Å²) < 4.78 is 0. The second kappa shape index (κ2) is 6.44. The molecule has 1 aromatic rings. The van der Waals surface area contributed by atoms with Crippen LogP contribution in [0.2, 0.25) is 0 Å². The molecule has 1 heterocycles. The van der Waals surface area contributed by atoms with Crippen molar-refractivity contribution >= 4 is 17.5 Å². The lowest BCUT2D eigenvalue weighted by molar-refractivity contribution is -0.121. The number of hydrogen-bond donors (Lipinski definition) is 1. The maximum atomic E-state index is 12.7. The lowest BCUT2D eigenvalue weighted by Crippen LogP contribution is -2.48. The molecule has 4 heteroatoms. The van der Waals surface area contributed by atoms with Crippen molar-refractivity contribution in [1.29, 1.82) is 0 Å². The molecule has 2 amide bonds. The van der Waals surface area contributed by atoms with Gasteiger partial charge in [-0.1, -0.05) is 44.4 Å². The standard InChI is InChI=1S/C19H26N2O2/c1-12-7-9-15(10-8-12)21-18(22)11-17(19(21)23)20-16-6-4-5-13(2)14(16)3/h7-10,13-14,16-17,20H,4-6,11H2,1-3H3. The zero-order chi connectivity index (χ0) is 16.6. The summed E-state index contributed by atoms with van der Waals surface area (Å²) in [6, 6.07) is 7.51. The second-order valence-electron chi connectivity index (χ2n) is 7.20. The molecule has 4 nitrogen and oxygen atoms in total. The highest BCUT2D eigenvalue weighted by Crippen LogP contribution is 2.31. The van der Waals surface area contributed by atoms with Gasteiger partial charge in [0.15, 0.2) is 0 Å². The Morgan fingerprint density at radius 3 is 2.48 bits per heavy atom. The van der Waals surface area contributed by atoms with E-state index in [9.17, 15) is 9.59 Å². The normalized spacial score (nSPS) is 31.7. The number of carbonyl (C=O) groups excluding carboxylic acids is 2. The highest BCUT2D eigenvalue weighted by atomic mass is 16.2. The van der Waals surface area contributed by atoms with E-state index in [0.717, 1.165) is 12.0 Å². The van der Waals surface area contributed by atoms with Gasteiger partial charge in [0.1, 0.15) is 0 Å². The highest BCUT2D eigenvalue weighted by molar-refractivity contribution is 6.22. The van der Waals surface area contributed by atoms with Crippen molar-refractivity contribution in [3.05, 3.63) is 29.8 Å². The van der Waals surface area contributed by atoms with Gasteiger partial charge >= 0.3 is 0 Å². The number of anilines is 1. The highest BCUT2D eigenvalue weighted by Gasteiger charge is 2.41. The Bertz CT molecular complexity index is 596. The molecule has 0 bridgehead atoms. The summed E-state index contributed by atoms with van der Waals surface area (Å²) in [4.78, 5) is 26.4. The molecule has 0 aromatic heterocycles. The molecular formula is C19H26N2O2. The van der Waals surface area contributed by atoms with E-state index in [1.165, 1.54) is 17.7 Å². The number of aryl methyl sites for hydroxylation is 1. The molecule has 1 aromatic carbocycles. The Morgan fingerprint density at radius 2 is 1.78 bits per heavy atom. The van der Waals surface area contributed by atoms with Gasteiger partial charge in [0.25, 0.3) is 5.91 Å². The minimum absolute atomic E-state index is 0.104. The molecule has 3 rings (SSSR count). The number of nitrogens with one attached hydrogen (secondary N) is 1. The molecule has 1 aliphatic carbocycles. The van der Waals surface area contributed by atoms with Crippen LogP contribution in [0.15, 0.2) is 24.3 Å². The summed E-state index contributed by atoms with van der Waals surface area (Å²) in [5, 5.41) is 3.48. The van der Waals surface area contributed by atoms with Crippen molar-refractivity contribution in [2.24, 2.45) is 11.8 Å². The average Bonchev–Trinajstić information content (AvgIpc) is 2.79. The summed E-state index contributed by atoms with van der Waals surface area (Å²) in [6.45, 7) is 6.52. The Hall–Kier alpha value is -1.68. The molecule has 4 atom stereocenters. The Morgan fingerprint density at radius 1 is 1.09 bits per heavy atom. The first-order valence-electron chi connectivity index (χ1n) is 8.67. The van der Waals surface area contributed by atoms with E-state index < -0.39 is 0 Å². The molecule has 2 aliphatic rings. The fourth-order valence-corrected chi connectivity index (χ4v) is 3.80. The van der Waals surface area contributed by atoms with Crippen LogP contribution in [0, 0.1) is 18.8 Å². The van der Waals surface area contributed by atoms with Crippen LogP contribution in [0.5, 0.6) is 0 Å². The number of carbonyl (C=O) groups is 2. The molecule has 1 aliphatic heterocycles. The summed E-state index contributed by atoms with van der Waals surface area (Å²) >= 11 is 0. The number of rotatable bonds is 3.